The normalized spacial score (nSPS) is 10.4. The van der Waals surface area contributed by atoms with Gasteiger partial charge in [-0.3, -0.25) is 4.79 Å². The summed E-state index contributed by atoms with van der Waals surface area (Å²) in [6.07, 6.45) is 0.595. The molecular formula is C20H16O3. The van der Waals surface area contributed by atoms with Crippen molar-refractivity contribution in [3.63, 3.8) is 0 Å². The van der Waals surface area contributed by atoms with Gasteiger partial charge in [-0.25, -0.2) is 4.79 Å². The number of rotatable bonds is 5. The summed E-state index contributed by atoms with van der Waals surface area (Å²) in [5.41, 5.74) is 1.42. The molecule has 0 heterocycles. The summed E-state index contributed by atoms with van der Waals surface area (Å²) in [7, 11) is 0. The molecule has 23 heavy (non-hydrogen) atoms. The second-order valence-electron chi connectivity index (χ2n) is 5.26. The predicted molar refractivity (Wildman–Crippen MR) is 89.4 cm³/mol. The van der Waals surface area contributed by atoms with Crippen LogP contribution < -0.4 is 0 Å². The SMILES string of the molecule is O=C(OCCc1ccccc1)C(=O)c1ccc2ccccc2c1. The van der Waals surface area contributed by atoms with Gasteiger partial charge in [0.2, 0.25) is 0 Å². The summed E-state index contributed by atoms with van der Waals surface area (Å²) in [5, 5.41) is 1.96. The van der Waals surface area contributed by atoms with Gasteiger partial charge in [0, 0.05) is 12.0 Å². The second kappa shape index (κ2) is 6.88. The van der Waals surface area contributed by atoms with Gasteiger partial charge in [-0.05, 0) is 22.4 Å². The van der Waals surface area contributed by atoms with E-state index in [-0.39, 0.29) is 6.61 Å². The van der Waals surface area contributed by atoms with Crippen LogP contribution in [-0.4, -0.2) is 18.4 Å². The first-order chi connectivity index (χ1) is 11.2. The first kappa shape index (κ1) is 15.0. The molecule has 0 aromatic heterocycles. The molecule has 0 fully saturated rings. The fraction of sp³-hybridized carbons (Fsp3) is 0.100. The maximum atomic E-state index is 12.2. The Kier molecular flexibility index (Phi) is 4.48. The zero-order valence-corrected chi connectivity index (χ0v) is 12.6. The Bertz CT molecular complexity index is 838. The van der Waals surface area contributed by atoms with Crippen LogP contribution in [0.4, 0.5) is 0 Å². The Balaban J connectivity index is 1.63. The monoisotopic (exact) mass is 304 g/mol. The van der Waals surface area contributed by atoms with E-state index in [0.717, 1.165) is 16.3 Å². The Hall–Kier alpha value is -2.94. The fourth-order valence-electron chi connectivity index (χ4n) is 2.42. The van der Waals surface area contributed by atoms with Crippen molar-refractivity contribution >= 4 is 22.5 Å². The lowest BCUT2D eigenvalue weighted by molar-refractivity contribution is -0.138. The average Bonchev–Trinajstić information content (AvgIpc) is 2.61. The lowest BCUT2D eigenvalue weighted by Gasteiger charge is -2.05. The van der Waals surface area contributed by atoms with Crippen LogP contribution in [0.1, 0.15) is 15.9 Å². The number of ether oxygens (including phenoxy) is 1. The number of esters is 1. The van der Waals surface area contributed by atoms with Crippen molar-refractivity contribution in [2.45, 2.75) is 6.42 Å². The molecule has 0 N–H and O–H groups in total. The number of hydrogen-bond donors (Lipinski definition) is 0. The molecule has 3 nitrogen and oxygen atoms in total. The van der Waals surface area contributed by atoms with Crippen molar-refractivity contribution in [2.24, 2.45) is 0 Å². The van der Waals surface area contributed by atoms with Crippen LogP contribution >= 0.6 is 0 Å². The molecule has 114 valence electrons. The van der Waals surface area contributed by atoms with Crippen LogP contribution in [0, 0.1) is 0 Å². The highest BCUT2D eigenvalue weighted by Crippen LogP contribution is 2.16. The molecule has 3 heteroatoms. The molecular weight excluding hydrogens is 288 g/mol. The molecule has 3 aromatic carbocycles. The van der Waals surface area contributed by atoms with E-state index in [2.05, 4.69) is 0 Å². The Morgan fingerprint density at radius 3 is 2.26 bits per heavy atom. The molecule has 0 unspecified atom stereocenters. The van der Waals surface area contributed by atoms with Crippen LogP contribution in [-0.2, 0) is 16.0 Å². The quantitative estimate of drug-likeness (QED) is 0.409. The van der Waals surface area contributed by atoms with E-state index in [1.807, 2.05) is 60.7 Å². The molecule has 3 rings (SSSR count). The van der Waals surface area contributed by atoms with Gasteiger partial charge in [-0.15, -0.1) is 0 Å². The summed E-state index contributed by atoms with van der Waals surface area (Å²) in [6, 6.07) is 22.6. The zero-order chi connectivity index (χ0) is 16.1. The standard InChI is InChI=1S/C20H16O3/c21-19(18-11-10-16-8-4-5-9-17(16)14-18)20(22)23-13-12-15-6-2-1-3-7-15/h1-11,14H,12-13H2. The maximum absolute atomic E-state index is 12.2. The lowest BCUT2D eigenvalue weighted by Crippen LogP contribution is -2.18. The Labute approximate surface area is 134 Å². The topological polar surface area (TPSA) is 43.4 Å². The average molecular weight is 304 g/mol. The van der Waals surface area contributed by atoms with E-state index < -0.39 is 11.8 Å². The van der Waals surface area contributed by atoms with E-state index in [1.165, 1.54) is 0 Å². The van der Waals surface area contributed by atoms with E-state index in [1.54, 1.807) is 12.1 Å². The van der Waals surface area contributed by atoms with Crippen molar-refractivity contribution in [3.05, 3.63) is 83.9 Å². The molecule has 0 spiro atoms. The van der Waals surface area contributed by atoms with Gasteiger partial charge in [0.15, 0.2) is 0 Å². The van der Waals surface area contributed by atoms with Crippen LogP contribution in [0.25, 0.3) is 10.8 Å². The molecule has 0 amide bonds. The van der Waals surface area contributed by atoms with Crippen molar-refractivity contribution < 1.29 is 14.3 Å². The van der Waals surface area contributed by atoms with E-state index in [0.29, 0.717) is 12.0 Å². The van der Waals surface area contributed by atoms with Gasteiger partial charge in [0.25, 0.3) is 5.78 Å². The third-order valence-electron chi connectivity index (χ3n) is 3.66. The van der Waals surface area contributed by atoms with Crippen LogP contribution in [0.15, 0.2) is 72.8 Å². The Morgan fingerprint density at radius 2 is 1.48 bits per heavy atom. The first-order valence-corrected chi connectivity index (χ1v) is 7.48. The zero-order valence-electron chi connectivity index (χ0n) is 12.6. The molecule has 0 atom stereocenters. The van der Waals surface area contributed by atoms with Gasteiger partial charge in [-0.1, -0.05) is 66.7 Å². The van der Waals surface area contributed by atoms with Gasteiger partial charge in [-0.2, -0.15) is 0 Å². The van der Waals surface area contributed by atoms with Crippen LogP contribution in [0.5, 0.6) is 0 Å². The number of fused-ring (bicyclic) bond motifs is 1. The Morgan fingerprint density at radius 1 is 0.783 bits per heavy atom. The number of benzene rings is 3. The van der Waals surface area contributed by atoms with Gasteiger partial charge < -0.3 is 4.74 Å². The van der Waals surface area contributed by atoms with Gasteiger partial charge in [0.1, 0.15) is 0 Å². The molecule has 0 bridgehead atoms. The minimum absolute atomic E-state index is 0.197. The first-order valence-electron chi connectivity index (χ1n) is 7.48. The van der Waals surface area contributed by atoms with E-state index >= 15 is 0 Å². The van der Waals surface area contributed by atoms with E-state index in [9.17, 15) is 9.59 Å². The lowest BCUT2D eigenvalue weighted by atomic mass is 10.0. The van der Waals surface area contributed by atoms with Gasteiger partial charge >= 0.3 is 5.97 Å². The number of Topliss-reactive ketones (excluding diaryl/α,β-unsaturated/α-hetero) is 1. The maximum Gasteiger partial charge on any atom is 0.379 e. The summed E-state index contributed by atoms with van der Waals surface area (Å²) in [6.45, 7) is 0.197. The molecule has 3 aromatic rings. The third kappa shape index (κ3) is 3.64. The van der Waals surface area contributed by atoms with Crippen molar-refractivity contribution in [2.75, 3.05) is 6.61 Å². The minimum Gasteiger partial charge on any atom is -0.459 e. The molecule has 0 aliphatic carbocycles. The molecule has 0 radical (unpaired) electrons. The van der Waals surface area contributed by atoms with Crippen molar-refractivity contribution in [1.29, 1.82) is 0 Å². The molecule has 0 aliphatic rings. The predicted octanol–water partition coefficient (Wildman–Crippen LogP) is 3.81. The van der Waals surface area contributed by atoms with Crippen LogP contribution in [0.2, 0.25) is 0 Å². The number of ketones is 1. The highest BCUT2D eigenvalue weighted by molar-refractivity contribution is 6.40. The summed E-state index contributed by atoms with van der Waals surface area (Å²) >= 11 is 0. The van der Waals surface area contributed by atoms with Crippen molar-refractivity contribution in [1.82, 2.24) is 0 Å². The minimum atomic E-state index is -0.809. The highest BCUT2D eigenvalue weighted by atomic mass is 16.5. The molecule has 0 saturated carbocycles. The molecule has 0 aliphatic heterocycles. The smallest absolute Gasteiger partial charge is 0.379 e. The van der Waals surface area contributed by atoms with Crippen LogP contribution in [0.3, 0.4) is 0 Å². The number of carbonyl (C=O) groups is 2. The second-order valence-corrected chi connectivity index (χ2v) is 5.26. The van der Waals surface area contributed by atoms with Crippen molar-refractivity contribution in [3.8, 4) is 0 Å². The van der Waals surface area contributed by atoms with E-state index in [4.69, 9.17) is 4.74 Å². The van der Waals surface area contributed by atoms with Gasteiger partial charge in [0.05, 0.1) is 6.61 Å². The summed E-state index contributed by atoms with van der Waals surface area (Å²) < 4.78 is 5.09. The highest BCUT2D eigenvalue weighted by Gasteiger charge is 2.18. The largest absolute Gasteiger partial charge is 0.459 e. The number of hydrogen-bond acceptors (Lipinski definition) is 3. The third-order valence-corrected chi connectivity index (χ3v) is 3.66. The molecule has 0 saturated heterocycles. The fourth-order valence-corrected chi connectivity index (χ4v) is 2.42. The number of carbonyl (C=O) groups excluding carboxylic acids is 2. The summed E-state index contributed by atoms with van der Waals surface area (Å²) in [4.78, 5) is 24.1. The summed E-state index contributed by atoms with van der Waals surface area (Å²) in [5.74, 6) is -1.42.